The van der Waals surface area contributed by atoms with E-state index < -0.39 is 0 Å². The Morgan fingerprint density at radius 3 is 2.47 bits per heavy atom. The van der Waals surface area contributed by atoms with Crippen LogP contribution in [-0.2, 0) is 11.8 Å². The summed E-state index contributed by atoms with van der Waals surface area (Å²) in [6.45, 7) is 1.85. The minimum Gasteiger partial charge on any atom is -0.493 e. The Hall–Kier alpha value is -3.29. The number of aromatic nitrogens is 2. The molecule has 2 aliphatic rings. The molecule has 0 radical (unpaired) electrons. The molecule has 2 amide bonds. The van der Waals surface area contributed by atoms with Gasteiger partial charge in [-0.05, 0) is 43.7 Å². The van der Waals surface area contributed by atoms with E-state index in [9.17, 15) is 9.59 Å². The van der Waals surface area contributed by atoms with Gasteiger partial charge in [0, 0.05) is 24.6 Å². The van der Waals surface area contributed by atoms with Gasteiger partial charge >= 0.3 is 0 Å². The number of hydrogen-bond donors (Lipinski definition) is 2. The normalized spacial score (nSPS) is 21.5. The fourth-order valence-corrected chi connectivity index (χ4v) is 4.41. The molecule has 1 fully saturated rings. The number of fused-ring (bicyclic) bond motifs is 2. The average Bonchev–Trinajstić information content (AvgIpc) is 3.43. The van der Waals surface area contributed by atoms with Crippen LogP contribution in [0.1, 0.15) is 28.9 Å². The molecule has 30 heavy (non-hydrogen) atoms. The summed E-state index contributed by atoms with van der Waals surface area (Å²) in [7, 11) is 4.76. The predicted molar refractivity (Wildman–Crippen MR) is 113 cm³/mol. The lowest BCUT2D eigenvalue weighted by Crippen LogP contribution is -2.26. The molecular formula is C22H26N4O4. The van der Waals surface area contributed by atoms with Crippen LogP contribution in [0, 0.1) is 24.7 Å². The van der Waals surface area contributed by atoms with Crippen LogP contribution < -0.4 is 20.1 Å². The second kappa shape index (κ2) is 7.85. The molecular weight excluding hydrogens is 384 g/mol. The van der Waals surface area contributed by atoms with Gasteiger partial charge in [0.1, 0.15) is 5.82 Å². The average molecular weight is 410 g/mol. The lowest BCUT2D eigenvalue weighted by Gasteiger charge is -2.20. The third-order valence-electron chi connectivity index (χ3n) is 5.86. The van der Waals surface area contributed by atoms with E-state index >= 15 is 0 Å². The fourth-order valence-electron chi connectivity index (χ4n) is 4.41. The number of rotatable bonds is 6. The molecule has 1 aromatic heterocycles. The topological polar surface area (TPSA) is 94.5 Å². The minimum atomic E-state index is -0.336. The lowest BCUT2D eigenvalue weighted by molar-refractivity contribution is -0.120. The number of methoxy groups -OCH3 is 2. The highest BCUT2D eigenvalue weighted by Crippen LogP contribution is 2.44. The molecule has 0 spiro atoms. The largest absolute Gasteiger partial charge is 0.493 e. The Morgan fingerprint density at radius 2 is 1.90 bits per heavy atom. The van der Waals surface area contributed by atoms with Gasteiger partial charge in [-0.25, -0.2) is 0 Å². The third-order valence-corrected chi connectivity index (χ3v) is 5.86. The number of carbonyl (C=O) groups is 2. The van der Waals surface area contributed by atoms with Crippen molar-refractivity contribution in [2.24, 2.45) is 24.8 Å². The van der Waals surface area contributed by atoms with Crippen molar-refractivity contribution >= 4 is 23.3 Å². The van der Waals surface area contributed by atoms with Crippen LogP contribution in [0.15, 0.2) is 30.4 Å². The molecule has 3 atom stereocenters. The minimum absolute atomic E-state index is 0.0629. The quantitative estimate of drug-likeness (QED) is 0.714. The van der Waals surface area contributed by atoms with Gasteiger partial charge in [-0.3, -0.25) is 14.3 Å². The number of ether oxygens (including phenoxy) is 2. The van der Waals surface area contributed by atoms with E-state index in [1.54, 1.807) is 29.9 Å². The number of nitrogens with zero attached hydrogens (tertiary/aromatic N) is 2. The Labute approximate surface area is 175 Å². The van der Waals surface area contributed by atoms with Gasteiger partial charge < -0.3 is 20.1 Å². The summed E-state index contributed by atoms with van der Waals surface area (Å²) in [6, 6.07) is 4.98. The Morgan fingerprint density at radius 1 is 1.10 bits per heavy atom. The van der Waals surface area contributed by atoms with Crippen LogP contribution in [0.4, 0.5) is 11.5 Å². The van der Waals surface area contributed by atoms with Gasteiger partial charge in [-0.1, -0.05) is 12.2 Å². The molecule has 8 heteroatoms. The van der Waals surface area contributed by atoms with Gasteiger partial charge in [-0.15, -0.1) is 0 Å². The maximum atomic E-state index is 12.9. The van der Waals surface area contributed by atoms with Gasteiger partial charge in [0.05, 0.1) is 25.6 Å². The van der Waals surface area contributed by atoms with E-state index in [4.69, 9.17) is 9.47 Å². The summed E-state index contributed by atoms with van der Waals surface area (Å²) < 4.78 is 12.5. The van der Waals surface area contributed by atoms with Crippen molar-refractivity contribution in [3.63, 3.8) is 0 Å². The predicted octanol–water partition coefficient (Wildman–Crippen LogP) is 3.15. The van der Waals surface area contributed by atoms with E-state index in [0.29, 0.717) is 34.5 Å². The van der Waals surface area contributed by atoms with Crippen LogP contribution in [0.25, 0.3) is 0 Å². The molecule has 2 N–H and O–H groups in total. The smallest absolute Gasteiger partial charge is 0.257 e. The number of benzene rings is 1. The van der Waals surface area contributed by atoms with Crippen LogP contribution in [-0.4, -0.2) is 35.8 Å². The second-order valence-electron chi connectivity index (χ2n) is 7.88. The molecule has 2 aromatic rings. The number of nitrogens with one attached hydrogen (secondary N) is 2. The molecule has 1 aromatic carbocycles. The molecule has 4 rings (SSSR count). The van der Waals surface area contributed by atoms with Crippen molar-refractivity contribution in [1.29, 1.82) is 0 Å². The first-order chi connectivity index (χ1) is 14.4. The number of aryl methyl sites for hydroxylation is 2. The third kappa shape index (κ3) is 3.65. The summed E-state index contributed by atoms with van der Waals surface area (Å²) in [5, 5.41) is 10.0. The fraction of sp³-hybridized carbons (Fsp3) is 0.409. The van der Waals surface area contributed by atoms with Crippen molar-refractivity contribution in [1.82, 2.24) is 9.78 Å². The molecule has 8 nitrogen and oxygen atoms in total. The Bertz CT molecular complexity index is 1030. The number of carbonyl (C=O) groups excluding carboxylic acids is 2. The van der Waals surface area contributed by atoms with Gasteiger partial charge in [0.25, 0.3) is 5.91 Å². The van der Waals surface area contributed by atoms with E-state index in [1.807, 2.05) is 6.92 Å². The first-order valence-electron chi connectivity index (χ1n) is 9.96. The molecule has 0 saturated heterocycles. The molecule has 1 saturated carbocycles. The number of amides is 2. The van der Waals surface area contributed by atoms with Crippen molar-refractivity contribution in [3.8, 4) is 11.5 Å². The van der Waals surface area contributed by atoms with Gasteiger partial charge in [0.15, 0.2) is 11.5 Å². The molecule has 0 unspecified atom stereocenters. The zero-order valence-corrected chi connectivity index (χ0v) is 17.6. The SMILES string of the molecule is COc1cc(C(=O)Nc2cc(C)nn2C)cc(NC(=O)[C@@H]2C[C@@H]3C=C[C@H]2C3)c1OC. The summed E-state index contributed by atoms with van der Waals surface area (Å²) in [4.78, 5) is 25.8. The van der Waals surface area contributed by atoms with Crippen molar-refractivity contribution in [2.45, 2.75) is 19.8 Å². The summed E-state index contributed by atoms with van der Waals surface area (Å²) in [5.41, 5.74) is 1.56. The van der Waals surface area contributed by atoms with Crippen molar-refractivity contribution in [2.75, 3.05) is 24.9 Å². The van der Waals surface area contributed by atoms with E-state index in [-0.39, 0.29) is 23.7 Å². The second-order valence-corrected chi connectivity index (χ2v) is 7.88. The zero-order valence-electron chi connectivity index (χ0n) is 17.6. The molecule has 1 heterocycles. The van der Waals surface area contributed by atoms with Crippen LogP contribution in [0.2, 0.25) is 0 Å². The van der Waals surface area contributed by atoms with Crippen LogP contribution >= 0.6 is 0 Å². The molecule has 2 aliphatic carbocycles. The number of allylic oxidation sites excluding steroid dienone is 2. The maximum absolute atomic E-state index is 12.9. The molecule has 0 aliphatic heterocycles. The first-order valence-corrected chi connectivity index (χ1v) is 9.96. The van der Waals surface area contributed by atoms with Crippen LogP contribution in [0.3, 0.4) is 0 Å². The standard InChI is InChI=1S/C22H26N4O4/c1-12-7-19(26(2)25-12)24-21(27)15-10-17(20(30-4)18(11-15)29-3)23-22(28)16-9-13-5-6-14(16)8-13/h5-7,10-11,13-14,16H,8-9H2,1-4H3,(H,23,28)(H,24,27)/t13-,14+,16-/m1/s1. The van der Waals surface area contributed by atoms with Gasteiger partial charge in [-0.2, -0.15) is 5.10 Å². The number of anilines is 2. The Balaban J connectivity index is 1.60. The van der Waals surface area contributed by atoms with Gasteiger partial charge in [0.2, 0.25) is 5.91 Å². The molecule has 2 bridgehead atoms. The lowest BCUT2D eigenvalue weighted by atomic mass is 9.92. The highest BCUT2D eigenvalue weighted by Gasteiger charge is 2.40. The van der Waals surface area contributed by atoms with Crippen LogP contribution in [0.5, 0.6) is 11.5 Å². The maximum Gasteiger partial charge on any atom is 0.257 e. The summed E-state index contributed by atoms with van der Waals surface area (Å²) in [5.74, 6) is 1.64. The van der Waals surface area contributed by atoms with Crippen molar-refractivity contribution < 1.29 is 19.1 Å². The van der Waals surface area contributed by atoms with E-state index in [2.05, 4.69) is 27.9 Å². The van der Waals surface area contributed by atoms with E-state index in [1.165, 1.54) is 14.2 Å². The first kappa shape index (κ1) is 20.0. The highest BCUT2D eigenvalue weighted by molar-refractivity contribution is 6.06. The molecule has 158 valence electrons. The zero-order chi connectivity index (χ0) is 21.4. The highest BCUT2D eigenvalue weighted by atomic mass is 16.5. The summed E-state index contributed by atoms with van der Waals surface area (Å²) >= 11 is 0. The summed E-state index contributed by atoms with van der Waals surface area (Å²) in [6.07, 6.45) is 6.22. The monoisotopic (exact) mass is 410 g/mol. The number of hydrogen-bond acceptors (Lipinski definition) is 5. The Kier molecular flexibility index (Phi) is 5.24. The van der Waals surface area contributed by atoms with E-state index in [0.717, 1.165) is 18.5 Å². The van der Waals surface area contributed by atoms with Crippen molar-refractivity contribution in [3.05, 3.63) is 41.6 Å².